The van der Waals surface area contributed by atoms with Crippen LogP contribution >= 0.6 is 0 Å². The van der Waals surface area contributed by atoms with E-state index in [9.17, 15) is 19.5 Å². The molecular weight excluding hydrogens is 568 g/mol. The molecule has 1 spiro atoms. The minimum Gasteiger partial charge on any atom is -0.394 e. The fourth-order valence-electron chi connectivity index (χ4n) is 7.75. The average Bonchev–Trinajstić information content (AvgIpc) is 3.71. The lowest BCUT2D eigenvalue weighted by atomic mass is 9.70. The lowest BCUT2D eigenvalue weighted by molar-refractivity contribution is -0.146. The summed E-state index contributed by atoms with van der Waals surface area (Å²) in [7, 11) is 1.70. The van der Waals surface area contributed by atoms with Gasteiger partial charge in [-0.25, -0.2) is 0 Å². The fourth-order valence-corrected chi connectivity index (χ4v) is 7.75. The van der Waals surface area contributed by atoms with Crippen molar-refractivity contribution in [3.63, 3.8) is 0 Å². The molecule has 2 aromatic rings. The summed E-state index contributed by atoms with van der Waals surface area (Å²) >= 11 is 0. The number of hydrogen-bond acceptors (Lipinski definition) is 6. The Hall–Kier alpha value is -3.95. The van der Waals surface area contributed by atoms with Gasteiger partial charge in [0.1, 0.15) is 11.6 Å². The largest absolute Gasteiger partial charge is 0.394 e. The van der Waals surface area contributed by atoms with Crippen molar-refractivity contribution in [1.82, 2.24) is 9.80 Å². The Morgan fingerprint density at radius 1 is 1.02 bits per heavy atom. The zero-order valence-electron chi connectivity index (χ0n) is 26.7. The van der Waals surface area contributed by atoms with Gasteiger partial charge in [0.25, 0.3) is 5.91 Å². The van der Waals surface area contributed by atoms with E-state index in [2.05, 4.69) is 31.9 Å². The van der Waals surface area contributed by atoms with Gasteiger partial charge in [0.15, 0.2) is 0 Å². The van der Waals surface area contributed by atoms with E-state index >= 15 is 0 Å². The predicted molar refractivity (Wildman–Crippen MR) is 176 cm³/mol. The van der Waals surface area contributed by atoms with Crippen molar-refractivity contribution >= 4 is 29.1 Å². The van der Waals surface area contributed by atoms with Gasteiger partial charge in [-0.15, -0.1) is 13.2 Å². The van der Waals surface area contributed by atoms with Gasteiger partial charge in [0.2, 0.25) is 11.8 Å². The summed E-state index contributed by atoms with van der Waals surface area (Å²) in [6.45, 7) is 13.8. The first-order chi connectivity index (χ1) is 21.8. The van der Waals surface area contributed by atoms with E-state index in [-0.39, 0.29) is 30.9 Å². The lowest BCUT2D eigenvalue weighted by Gasteiger charge is -2.39. The van der Waals surface area contributed by atoms with E-state index in [0.29, 0.717) is 31.5 Å². The van der Waals surface area contributed by atoms with Crippen molar-refractivity contribution in [1.29, 1.82) is 0 Å². The first-order valence-corrected chi connectivity index (χ1v) is 16.0. The summed E-state index contributed by atoms with van der Waals surface area (Å²) < 4.78 is 6.67. The Morgan fingerprint density at radius 3 is 2.27 bits per heavy atom. The molecule has 2 bridgehead atoms. The molecule has 3 aliphatic heterocycles. The topological polar surface area (TPSA) is 93.6 Å². The van der Waals surface area contributed by atoms with Gasteiger partial charge in [0.05, 0.1) is 30.6 Å². The Labute approximate surface area is 266 Å². The molecule has 3 heterocycles. The van der Waals surface area contributed by atoms with Crippen LogP contribution in [0.1, 0.15) is 32.3 Å². The maximum atomic E-state index is 14.9. The van der Waals surface area contributed by atoms with E-state index < -0.39 is 35.6 Å². The number of rotatable bonds is 14. The number of carbonyl (C=O) groups is 3. The Bertz CT molecular complexity index is 1390. The fraction of sp³-hybridized carbons (Fsp3) is 0.472. The summed E-state index contributed by atoms with van der Waals surface area (Å²) in [4.78, 5) is 50.3. The zero-order valence-corrected chi connectivity index (χ0v) is 26.7. The molecule has 240 valence electrons. The van der Waals surface area contributed by atoms with E-state index in [1.165, 1.54) is 0 Å². The number of nitrogens with zero attached hydrogens (tertiary/aromatic N) is 4. The highest BCUT2D eigenvalue weighted by Crippen LogP contribution is 2.59. The van der Waals surface area contributed by atoms with Gasteiger partial charge in [-0.3, -0.25) is 14.4 Å². The van der Waals surface area contributed by atoms with Crippen molar-refractivity contribution in [3.8, 4) is 0 Å². The third kappa shape index (κ3) is 5.68. The number of aliphatic hydroxyl groups is 1. The van der Waals surface area contributed by atoms with Gasteiger partial charge >= 0.3 is 0 Å². The van der Waals surface area contributed by atoms with E-state index in [0.717, 1.165) is 24.3 Å². The molecule has 3 fully saturated rings. The number of ether oxygens (including phenoxy) is 1. The molecule has 1 N–H and O–H groups in total. The van der Waals surface area contributed by atoms with Crippen LogP contribution in [0.4, 0.5) is 11.4 Å². The molecular formula is C36H46N4O5. The van der Waals surface area contributed by atoms with Crippen LogP contribution in [0.3, 0.4) is 0 Å². The van der Waals surface area contributed by atoms with E-state index in [1.807, 2.05) is 54.6 Å². The number of fused-ring (bicyclic) bond motifs is 1. The number of hydrogen-bond donors (Lipinski definition) is 1. The van der Waals surface area contributed by atoms with Crippen LogP contribution in [-0.2, 0) is 25.5 Å². The lowest BCUT2D eigenvalue weighted by Crippen LogP contribution is -2.59. The molecule has 9 heteroatoms. The Morgan fingerprint density at radius 2 is 1.67 bits per heavy atom. The second-order valence-electron chi connectivity index (χ2n) is 12.3. The van der Waals surface area contributed by atoms with Gasteiger partial charge in [-0.1, -0.05) is 42.5 Å². The summed E-state index contributed by atoms with van der Waals surface area (Å²) in [5, 5.41) is 10.8. The van der Waals surface area contributed by atoms with Gasteiger partial charge in [-0.2, -0.15) is 0 Å². The molecule has 9 nitrogen and oxygen atoms in total. The monoisotopic (exact) mass is 614 g/mol. The summed E-state index contributed by atoms with van der Waals surface area (Å²) in [5.41, 5.74) is 1.48. The molecule has 0 aromatic heterocycles. The molecule has 0 saturated carbocycles. The smallest absolute Gasteiger partial charge is 0.253 e. The molecule has 3 amide bonds. The molecule has 6 atom stereocenters. The second kappa shape index (κ2) is 13.6. The van der Waals surface area contributed by atoms with Gasteiger partial charge in [0, 0.05) is 44.6 Å². The SMILES string of the molecule is C=CCN(C)C(=O)[C@@H]1[C@@H]2CCC3(O2)C(C(=O)N(CC=C)c2ccc(N(CC)CC)cc2)N([C@@H](CO)Cc2ccccc2)C(=O)[C@H]13. The molecule has 0 aliphatic carbocycles. The average molecular weight is 615 g/mol. The molecule has 45 heavy (non-hydrogen) atoms. The normalized spacial score (nSPS) is 25.5. The number of aliphatic hydroxyl groups excluding tert-OH is 1. The molecule has 3 saturated heterocycles. The van der Waals surface area contributed by atoms with Crippen LogP contribution in [0.25, 0.3) is 0 Å². The van der Waals surface area contributed by atoms with Crippen LogP contribution < -0.4 is 9.80 Å². The third-order valence-electron chi connectivity index (χ3n) is 9.82. The van der Waals surface area contributed by atoms with Crippen LogP contribution in [0.5, 0.6) is 0 Å². The molecule has 2 aromatic carbocycles. The predicted octanol–water partition coefficient (Wildman–Crippen LogP) is 3.67. The quantitative estimate of drug-likeness (QED) is 0.327. The highest BCUT2D eigenvalue weighted by Gasteiger charge is 2.75. The van der Waals surface area contributed by atoms with Crippen LogP contribution in [-0.4, -0.2) is 96.3 Å². The number of carbonyl (C=O) groups excluding carboxylic acids is 3. The first-order valence-electron chi connectivity index (χ1n) is 16.0. The second-order valence-corrected chi connectivity index (χ2v) is 12.3. The molecule has 3 aliphatic rings. The van der Waals surface area contributed by atoms with Gasteiger partial charge in [-0.05, 0) is 62.9 Å². The van der Waals surface area contributed by atoms with Crippen molar-refractivity contribution in [2.45, 2.75) is 56.9 Å². The standard InChI is InChI=1S/C36H46N4O5/c1-6-21-37(5)33(42)30-29-19-20-36(45-29)31(30)34(43)40(28(24-41)23-25-13-11-10-12-14-25)32(36)35(44)39(22-7-2)27-17-15-26(16-18-27)38(8-3)9-4/h6-7,10-18,28-32,41H,1-2,8-9,19-24H2,3-5H3/t28-,29+,30-,31+,32?,36?/m1/s1. The molecule has 5 rings (SSSR count). The van der Waals surface area contributed by atoms with Crippen molar-refractivity contribution in [2.24, 2.45) is 11.8 Å². The highest BCUT2D eigenvalue weighted by molar-refractivity contribution is 6.05. The number of anilines is 2. The van der Waals surface area contributed by atoms with Crippen molar-refractivity contribution < 1.29 is 24.2 Å². The van der Waals surface area contributed by atoms with Crippen LogP contribution in [0.15, 0.2) is 79.9 Å². The Balaban J connectivity index is 1.58. The highest BCUT2D eigenvalue weighted by atomic mass is 16.5. The zero-order chi connectivity index (χ0) is 32.3. The maximum Gasteiger partial charge on any atom is 0.253 e. The molecule has 0 radical (unpaired) electrons. The van der Waals surface area contributed by atoms with Crippen LogP contribution in [0.2, 0.25) is 0 Å². The minimum absolute atomic E-state index is 0.188. The Kier molecular flexibility index (Phi) is 9.79. The number of likely N-dealkylation sites (N-methyl/N-ethyl adjacent to an activating group) is 1. The summed E-state index contributed by atoms with van der Waals surface area (Å²) in [5.74, 6) is -2.35. The van der Waals surface area contributed by atoms with E-state index in [1.54, 1.807) is 33.9 Å². The number of benzene rings is 2. The number of amides is 3. The summed E-state index contributed by atoms with van der Waals surface area (Å²) in [6, 6.07) is 15.7. The van der Waals surface area contributed by atoms with E-state index in [4.69, 9.17) is 4.74 Å². The summed E-state index contributed by atoms with van der Waals surface area (Å²) in [6.07, 6.45) is 4.26. The third-order valence-corrected chi connectivity index (χ3v) is 9.82. The molecule has 2 unspecified atom stereocenters. The minimum atomic E-state index is -1.18. The van der Waals surface area contributed by atoms with Crippen molar-refractivity contribution in [3.05, 3.63) is 85.5 Å². The van der Waals surface area contributed by atoms with Gasteiger partial charge < -0.3 is 29.4 Å². The number of likely N-dealkylation sites (tertiary alicyclic amines) is 1. The van der Waals surface area contributed by atoms with Crippen molar-refractivity contribution in [2.75, 3.05) is 49.6 Å². The first kappa shape index (κ1) is 32.4. The van der Waals surface area contributed by atoms with Crippen LogP contribution in [0, 0.1) is 11.8 Å². The maximum absolute atomic E-state index is 14.9.